The lowest BCUT2D eigenvalue weighted by Gasteiger charge is -2.39. The van der Waals surface area contributed by atoms with E-state index in [9.17, 15) is 31.7 Å². The third-order valence-corrected chi connectivity index (χ3v) is 14.9. The number of piperazine rings is 1. The van der Waals surface area contributed by atoms with Gasteiger partial charge in [-0.15, -0.1) is 0 Å². The number of nitro groups is 1. The molecule has 2 aromatic heterocycles. The molecule has 326 valence electrons. The number of rotatable bonds is 12. The SMILES string of the molecule is CC1(C)CCC(CN2CCN(c3ccc(C(=O)NS(=O)(=O)c4ccc(NN5CCS(=O)(=O)CC5)c([N+](=O)[O-])c4)c(Oc4cnc5[nH]ccc5c4)c3)CC2)=C(c2ccc(Cl)cc2)C1. The van der Waals surface area contributed by atoms with Gasteiger partial charge in [0, 0.05) is 80.2 Å². The number of ether oxygens (including phenoxy) is 1. The van der Waals surface area contributed by atoms with Crippen LogP contribution in [0.2, 0.25) is 5.02 Å². The highest BCUT2D eigenvalue weighted by Crippen LogP contribution is 2.43. The second-order valence-electron chi connectivity index (χ2n) is 16.7. The van der Waals surface area contributed by atoms with Gasteiger partial charge >= 0.3 is 0 Å². The van der Waals surface area contributed by atoms with E-state index in [2.05, 4.69) is 55.9 Å². The molecule has 16 nitrogen and oxygen atoms in total. The summed E-state index contributed by atoms with van der Waals surface area (Å²) in [7, 11) is -7.85. The number of sulfonamides is 1. The van der Waals surface area contributed by atoms with Gasteiger partial charge in [-0.25, -0.2) is 31.6 Å². The first-order valence-electron chi connectivity index (χ1n) is 20.3. The predicted molar refractivity (Wildman–Crippen MR) is 239 cm³/mol. The Morgan fingerprint density at radius 3 is 2.45 bits per heavy atom. The molecular weight excluding hydrogens is 856 g/mol. The summed E-state index contributed by atoms with van der Waals surface area (Å²) in [4.78, 5) is 36.8. The van der Waals surface area contributed by atoms with Crippen molar-refractivity contribution in [3.8, 4) is 11.5 Å². The standard InChI is InChI=1S/C43H47ClN8O8S2/c1-43(2)13-11-31(37(26-43)29-3-5-32(44)6-4-29)28-49-15-17-50(18-16-49)33-7-9-36(40(24-33)60-34-23-30-12-14-45-41(30)46-27-34)42(53)48-62(58,59)35-8-10-38(39(25-35)52(54)55)47-51-19-21-61(56,57)22-20-51/h3-10,12,14,23-25,27,47H,11,13,15-22,26,28H2,1-2H3,(H,45,46)(H,48,53). The zero-order chi connectivity index (χ0) is 43.8. The van der Waals surface area contributed by atoms with Crippen molar-refractivity contribution in [1.29, 1.82) is 0 Å². The number of fused-ring (bicyclic) bond motifs is 1. The smallest absolute Gasteiger partial charge is 0.295 e. The molecule has 3 N–H and O–H groups in total. The second-order valence-corrected chi connectivity index (χ2v) is 21.1. The first-order chi connectivity index (χ1) is 29.5. The fourth-order valence-corrected chi connectivity index (χ4v) is 10.4. The molecule has 1 aliphatic carbocycles. The third-order valence-electron chi connectivity index (χ3n) is 11.7. The van der Waals surface area contributed by atoms with Gasteiger partial charge in [0.05, 0.1) is 33.1 Å². The molecule has 3 aliphatic rings. The van der Waals surface area contributed by atoms with Gasteiger partial charge in [0.15, 0.2) is 9.84 Å². The van der Waals surface area contributed by atoms with E-state index in [1.165, 1.54) is 40.0 Å². The number of amides is 1. The van der Waals surface area contributed by atoms with Gasteiger partial charge in [0.2, 0.25) is 0 Å². The first-order valence-corrected chi connectivity index (χ1v) is 24.0. The summed E-state index contributed by atoms with van der Waals surface area (Å²) in [5.41, 5.74) is 7.83. The average molecular weight is 903 g/mol. The molecule has 1 amide bonds. The van der Waals surface area contributed by atoms with Crippen LogP contribution >= 0.6 is 11.6 Å². The Labute approximate surface area is 365 Å². The lowest BCUT2D eigenvalue weighted by molar-refractivity contribution is -0.384. The summed E-state index contributed by atoms with van der Waals surface area (Å²) in [5, 5.41) is 15.1. The van der Waals surface area contributed by atoms with Crippen molar-refractivity contribution in [2.24, 2.45) is 5.41 Å². The summed E-state index contributed by atoms with van der Waals surface area (Å²) in [6.45, 7) is 8.69. The number of carbonyl (C=O) groups excluding carboxylic acids is 1. The number of nitro benzene ring substituents is 1. The van der Waals surface area contributed by atoms with Gasteiger partial charge in [-0.05, 0) is 84.3 Å². The van der Waals surface area contributed by atoms with Crippen molar-refractivity contribution in [1.82, 2.24) is 24.6 Å². The normalized spacial score (nSPS) is 18.4. The fraction of sp³-hybridized carbons (Fsp3) is 0.349. The number of anilines is 2. The van der Waals surface area contributed by atoms with Crippen molar-refractivity contribution in [3.05, 3.63) is 117 Å². The molecule has 2 aliphatic heterocycles. The summed E-state index contributed by atoms with van der Waals surface area (Å²) in [6.07, 6.45) is 6.39. The van der Waals surface area contributed by atoms with Gasteiger partial charge in [-0.2, -0.15) is 0 Å². The van der Waals surface area contributed by atoms with Crippen LogP contribution in [0.25, 0.3) is 16.6 Å². The van der Waals surface area contributed by atoms with E-state index in [1.54, 1.807) is 24.4 Å². The number of halogens is 1. The molecule has 2 saturated heterocycles. The number of nitrogens with zero attached hydrogens (tertiary/aromatic N) is 5. The number of aromatic nitrogens is 2. The maximum absolute atomic E-state index is 13.9. The van der Waals surface area contributed by atoms with Crippen LogP contribution in [-0.2, 0) is 19.9 Å². The average Bonchev–Trinajstić information content (AvgIpc) is 3.71. The molecule has 0 radical (unpaired) electrons. The number of benzene rings is 3. The third kappa shape index (κ3) is 9.89. The lowest BCUT2D eigenvalue weighted by atomic mass is 9.72. The van der Waals surface area contributed by atoms with Gasteiger partial charge in [0.25, 0.3) is 21.6 Å². The van der Waals surface area contributed by atoms with E-state index in [-0.39, 0.29) is 47.0 Å². The number of sulfone groups is 1. The molecule has 62 heavy (non-hydrogen) atoms. The van der Waals surface area contributed by atoms with Crippen molar-refractivity contribution in [3.63, 3.8) is 0 Å². The summed E-state index contributed by atoms with van der Waals surface area (Å²) >= 11 is 6.23. The largest absolute Gasteiger partial charge is 0.455 e. The molecule has 0 atom stereocenters. The molecule has 4 heterocycles. The number of allylic oxidation sites excluding steroid dienone is 1. The van der Waals surface area contributed by atoms with Crippen LogP contribution < -0.4 is 19.8 Å². The number of hydrogen-bond donors (Lipinski definition) is 3. The number of aromatic amines is 1. The minimum absolute atomic E-state index is 0.0301. The van der Waals surface area contributed by atoms with E-state index in [0.717, 1.165) is 62.1 Å². The van der Waals surface area contributed by atoms with Crippen LogP contribution in [-0.4, -0.2) is 105 Å². The number of hydrogen-bond acceptors (Lipinski definition) is 13. The predicted octanol–water partition coefficient (Wildman–Crippen LogP) is 6.88. The molecule has 0 spiro atoms. The first kappa shape index (κ1) is 43.1. The Bertz CT molecular complexity index is 2770. The number of H-pyrrole nitrogens is 1. The van der Waals surface area contributed by atoms with Gasteiger partial charge in [0.1, 0.15) is 22.8 Å². The highest BCUT2D eigenvalue weighted by molar-refractivity contribution is 7.91. The Morgan fingerprint density at radius 2 is 1.73 bits per heavy atom. The van der Waals surface area contributed by atoms with E-state index >= 15 is 0 Å². The van der Waals surface area contributed by atoms with Gasteiger partial charge < -0.3 is 20.0 Å². The Morgan fingerprint density at radius 1 is 0.984 bits per heavy atom. The van der Waals surface area contributed by atoms with Gasteiger partial charge in [-0.1, -0.05) is 43.2 Å². The minimum Gasteiger partial charge on any atom is -0.455 e. The minimum atomic E-state index is -4.64. The maximum Gasteiger partial charge on any atom is 0.295 e. The number of nitrogens with one attached hydrogen (secondary N) is 3. The van der Waals surface area contributed by atoms with Crippen LogP contribution in [0.1, 0.15) is 49.0 Å². The Kier molecular flexibility index (Phi) is 12.1. The van der Waals surface area contributed by atoms with Crippen molar-refractivity contribution >= 4 is 71.0 Å². The second kappa shape index (κ2) is 17.3. The monoisotopic (exact) mass is 902 g/mol. The number of hydrazine groups is 1. The fourth-order valence-electron chi connectivity index (χ4n) is 8.13. The molecule has 8 rings (SSSR count). The van der Waals surface area contributed by atoms with E-state index in [1.807, 2.05) is 18.2 Å². The molecule has 19 heteroatoms. The molecule has 0 saturated carbocycles. The van der Waals surface area contributed by atoms with Crippen LogP contribution in [0.3, 0.4) is 0 Å². The maximum atomic E-state index is 13.9. The number of carbonyl (C=O) groups is 1. The van der Waals surface area contributed by atoms with E-state index in [4.69, 9.17) is 16.3 Å². The Balaban J connectivity index is 1.01. The van der Waals surface area contributed by atoms with Crippen LogP contribution in [0.4, 0.5) is 17.1 Å². The lowest BCUT2D eigenvalue weighted by Crippen LogP contribution is -2.47. The van der Waals surface area contributed by atoms with Crippen LogP contribution in [0.5, 0.6) is 11.5 Å². The van der Waals surface area contributed by atoms with E-state index in [0.29, 0.717) is 29.5 Å². The molecule has 0 bridgehead atoms. The molecule has 3 aromatic carbocycles. The summed E-state index contributed by atoms with van der Waals surface area (Å²) in [6, 6.07) is 19.8. The van der Waals surface area contributed by atoms with E-state index < -0.39 is 41.3 Å². The molecule has 2 fully saturated rings. The van der Waals surface area contributed by atoms with Gasteiger partial charge in [-0.3, -0.25) is 19.8 Å². The molecule has 0 unspecified atom stereocenters. The number of pyridine rings is 1. The highest BCUT2D eigenvalue weighted by Gasteiger charge is 2.31. The Hall–Kier alpha value is -5.53. The van der Waals surface area contributed by atoms with Crippen molar-refractivity contribution < 1.29 is 31.3 Å². The van der Waals surface area contributed by atoms with Crippen molar-refractivity contribution in [2.45, 2.75) is 38.0 Å². The highest BCUT2D eigenvalue weighted by atomic mass is 35.5. The zero-order valence-corrected chi connectivity index (χ0v) is 36.7. The molecular formula is C43H47ClN8O8S2. The summed E-state index contributed by atoms with van der Waals surface area (Å²) < 4.78 is 59.4. The topological polar surface area (TPSA) is 200 Å². The van der Waals surface area contributed by atoms with Crippen molar-refractivity contribution in [2.75, 3.05) is 67.6 Å². The molecule has 5 aromatic rings. The van der Waals surface area contributed by atoms with Crippen LogP contribution in [0.15, 0.2) is 95.7 Å². The quantitative estimate of drug-likeness (QED) is 0.0866. The zero-order valence-electron chi connectivity index (χ0n) is 34.3. The van der Waals surface area contributed by atoms with Crippen LogP contribution in [0, 0.1) is 15.5 Å². The summed E-state index contributed by atoms with van der Waals surface area (Å²) in [5.74, 6) is -0.853.